The predicted molar refractivity (Wildman–Crippen MR) is 77.2 cm³/mol. The Morgan fingerprint density at radius 3 is 3.18 bits per heavy atom. The first kappa shape index (κ1) is 14.3. The van der Waals surface area contributed by atoms with Crippen LogP contribution in [0.15, 0.2) is 24.7 Å². The summed E-state index contributed by atoms with van der Waals surface area (Å²) in [6, 6.07) is 5.08. The fourth-order valence-corrected chi connectivity index (χ4v) is 2.60. The topological polar surface area (TPSA) is 106 Å². The van der Waals surface area contributed by atoms with Crippen LogP contribution in [0.1, 0.15) is 17.9 Å². The third kappa shape index (κ3) is 2.71. The summed E-state index contributed by atoms with van der Waals surface area (Å²) in [6.07, 6.45) is 3.98. The monoisotopic (exact) mass is 299 g/mol. The minimum Gasteiger partial charge on any atom is -0.339 e. The van der Waals surface area contributed by atoms with Crippen molar-refractivity contribution in [2.45, 2.75) is 32.1 Å². The van der Waals surface area contributed by atoms with Gasteiger partial charge in [0.2, 0.25) is 5.91 Å². The van der Waals surface area contributed by atoms with E-state index in [-0.39, 0.29) is 5.91 Å². The molecule has 0 radical (unpaired) electrons. The van der Waals surface area contributed by atoms with Crippen LogP contribution in [0.5, 0.6) is 0 Å². The normalized spacial score (nSPS) is 15.2. The molecule has 2 N–H and O–H groups in total. The van der Waals surface area contributed by atoms with Gasteiger partial charge >= 0.3 is 0 Å². The van der Waals surface area contributed by atoms with Crippen LogP contribution in [-0.2, 0) is 24.4 Å². The van der Waals surface area contributed by atoms with Gasteiger partial charge in [-0.1, -0.05) is 0 Å². The van der Waals surface area contributed by atoms with E-state index >= 15 is 0 Å². The SMILES string of the molecule is N#Cc1cccn1CCC(N)C(=O)N1CCn2cnnc2C1. The highest BCUT2D eigenvalue weighted by atomic mass is 16.2. The lowest BCUT2D eigenvalue weighted by Crippen LogP contribution is -2.47. The van der Waals surface area contributed by atoms with Crippen LogP contribution in [0.3, 0.4) is 0 Å². The second-order valence-corrected chi connectivity index (χ2v) is 5.29. The van der Waals surface area contributed by atoms with Gasteiger partial charge in [0.05, 0.1) is 12.6 Å². The zero-order valence-electron chi connectivity index (χ0n) is 12.1. The number of hydrogen-bond acceptors (Lipinski definition) is 5. The third-order valence-corrected chi connectivity index (χ3v) is 3.89. The van der Waals surface area contributed by atoms with E-state index in [1.54, 1.807) is 21.9 Å². The van der Waals surface area contributed by atoms with E-state index in [2.05, 4.69) is 16.3 Å². The van der Waals surface area contributed by atoms with Crippen LogP contribution in [-0.4, -0.2) is 42.7 Å². The molecular formula is C14H17N7O. The first-order valence-electron chi connectivity index (χ1n) is 7.15. The smallest absolute Gasteiger partial charge is 0.240 e. The third-order valence-electron chi connectivity index (χ3n) is 3.89. The molecule has 0 aliphatic carbocycles. The minimum atomic E-state index is -0.580. The number of nitrogens with zero attached hydrogens (tertiary/aromatic N) is 6. The number of hydrogen-bond donors (Lipinski definition) is 1. The quantitative estimate of drug-likeness (QED) is 0.835. The van der Waals surface area contributed by atoms with E-state index in [4.69, 9.17) is 11.0 Å². The molecule has 114 valence electrons. The van der Waals surface area contributed by atoms with Gasteiger partial charge in [0, 0.05) is 25.8 Å². The van der Waals surface area contributed by atoms with Crippen LogP contribution in [0, 0.1) is 11.3 Å². The van der Waals surface area contributed by atoms with Crippen molar-refractivity contribution >= 4 is 5.91 Å². The average Bonchev–Trinajstić information content (AvgIpc) is 3.19. The van der Waals surface area contributed by atoms with Gasteiger partial charge in [-0.25, -0.2) is 0 Å². The Balaban J connectivity index is 1.58. The molecule has 3 heterocycles. The van der Waals surface area contributed by atoms with Crippen molar-refractivity contribution in [3.63, 3.8) is 0 Å². The summed E-state index contributed by atoms with van der Waals surface area (Å²) in [4.78, 5) is 14.1. The molecule has 0 spiro atoms. The zero-order valence-corrected chi connectivity index (χ0v) is 12.1. The molecule has 8 heteroatoms. The molecule has 1 unspecified atom stereocenters. The molecule has 0 fully saturated rings. The molecule has 1 atom stereocenters. The maximum atomic E-state index is 12.4. The molecule has 0 bridgehead atoms. The van der Waals surface area contributed by atoms with E-state index in [0.717, 1.165) is 5.82 Å². The molecule has 1 aliphatic rings. The average molecular weight is 299 g/mol. The number of amides is 1. The molecule has 3 rings (SSSR count). The van der Waals surface area contributed by atoms with Gasteiger partial charge in [-0.15, -0.1) is 10.2 Å². The van der Waals surface area contributed by atoms with Gasteiger partial charge < -0.3 is 19.8 Å². The lowest BCUT2D eigenvalue weighted by molar-refractivity contribution is -0.134. The number of carbonyl (C=O) groups excluding carboxylic acids is 1. The number of aryl methyl sites for hydroxylation is 1. The van der Waals surface area contributed by atoms with Gasteiger partial charge in [-0.05, 0) is 18.6 Å². The van der Waals surface area contributed by atoms with Crippen LogP contribution < -0.4 is 5.73 Å². The Bertz CT molecular complexity index is 711. The molecule has 0 saturated heterocycles. The summed E-state index contributed by atoms with van der Waals surface area (Å²) in [5, 5.41) is 16.8. The number of nitriles is 1. The summed E-state index contributed by atoms with van der Waals surface area (Å²) >= 11 is 0. The van der Waals surface area contributed by atoms with Crippen LogP contribution in [0.2, 0.25) is 0 Å². The van der Waals surface area contributed by atoms with E-state index in [9.17, 15) is 4.79 Å². The van der Waals surface area contributed by atoms with Crippen molar-refractivity contribution in [2.24, 2.45) is 5.73 Å². The number of nitrogens with two attached hydrogens (primary N) is 1. The van der Waals surface area contributed by atoms with E-state index in [0.29, 0.717) is 38.3 Å². The van der Waals surface area contributed by atoms with Gasteiger partial charge in [-0.2, -0.15) is 5.26 Å². The van der Waals surface area contributed by atoms with Gasteiger partial charge in [0.1, 0.15) is 18.1 Å². The highest BCUT2D eigenvalue weighted by molar-refractivity contribution is 5.81. The molecule has 2 aromatic rings. The number of carbonyl (C=O) groups is 1. The van der Waals surface area contributed by atoms with E-state index in [1.807, 2.05) is 16.8 Å². The zero-order chi connectivity index (χ0) is 15.5. The molecule has 1 aliphatic heterocycles. The van der Waals surface area contributed by atoms with Crippen LogP contribution in [0.4, 0.5) is 0 Å². The van der Waals surface area contributed by atoms with Crippen molar-refractivity contribution in [3.05, 3.63) is 36.2 Å². The number of fused-ring (bicyclic) bond motifs is 1. The molecule has 0 aromatic carbocycles. The first-order valence-corrected chi connectivity index (χ1v) is 7.15. The second kappa shape index (κ2) is 5.99. The van der Waals surface area contributed by atoms with E-state index < -0.39 is 6.04 Å². The summed E-state index contributed by atoms with van der Waals surface area (Å²) in [5.74, 6) is 0.698. The fraction of sp³-hybridized carbons (Fsp3) is 0.429. The van der Waals surface area contributed by atoms with Crippen LogP contribution >= 0.6 is 0 Å². The summed E-state index contributed by atoms with van der Waals surface area (Å²) in [6.45, 7) is 2.30. The maximum Gasteiger partial charge on any atom is 0.240 e. The molecule has 0 saturated carbocycles. The van der Waals surface area contributed by atoms with Crippen LogP contribution in [0.25, 0.3) is 0 Å². The lowest BCUT2D eigenvalue weighted by Gasteiger charge is -2.29. The maximum absolute atomic E-state index is 12.4. The minimum absolute atomic E-state index is 0.0834. The largest absolute Gasteiger partial charge is 0.339 e. The van der Waals surface area contributed by atoms with Crippen molar-refractivity contribution in [1.29, 1.82) is 5.26 Å². The second-order valence-electron chi connectivity index (χ2n) is 5.29. The van der Waals surface area contributed by atoms with Gasteiger partial charge in [-0.3, -0.25) is 4.79 Å². The highest BCUT2D eigenvalue weighted by Gasteiger charge is 2.25. The van der Waals surface area contributed by atoms with Crippen molar-refractivity contribution in [2.75, 3.05) is 6.54 Å². The number of rotatable bonds is 4. The standard InChI is InChI=1S/C14H17N7O/c15-8-11-2-1-4-19(11)5-3-12(16)14(22)20-6-7-21-10-17-18-13(21)9-20/h1-2,4,10,12H,3,5-7,9,16H2. The summed E-state index contributed by atoms with van der Waals surface area (Å²) in [5.41, 5.74) is 6.60. The molecular weight excluding hydrogens is 282 g/mol. The van der Waals surface area contributed by atoms with Gasteiger partial charge in [0.15, 0.2) is 5.82 Å². The first-order chi connectivity index (χ1) is 10.7. The van der Waals surface area contributed by atoms with Gasteiger partial charge in [0.25, 0.3) is 0 Å². The Kier molecular flexibility index (Phi) is 3.89. The molecule has 8 nitrogen and oxygen atoms in total. The Morgan fingerprint density at radius 2 is 2.36 bits per heavy atom. The Labute approximate surface area is 127 Å². The molecule has 1 amide bonds. The summed E-state index contributed by atoms with van der Waals surface area (Å²) in [7, 11) is 0. The lowest BCUT2D eigenvalue weighted by atomic mass is 10.1. The molecule has 2 aromatic heterocycles. The summed E-state index contributed by atoms with van der Waals surface area (Å²) < 4.78 is 3.74. The van der Waals surface area contributed by atoms with Crippen molar-refractivity contribution < 1.29 is 4.79 Å². The molecule has 22 heavy (non-hydrogen) atoms. The van der Waals surface area contributed by atoms with E-state index in [1.165, 1.54) is 0 Å². The highest BCUT2D eigenvalue weighted by Crippen LogP contribution is 2.11. The Morgan fingerprint density at radius 1 is 1.50 bits per heavy atom. The number of aromatic nitrogens is 4. The van der Waals surface area contributed by atoms with Crippen molar-refractivity contribution in [3.8, 4) is 6.07 Å². The Hall–Kier alpha value is -2.66. The predicted octanol–water partition coefficient (Wildman–Crippen LogP) is -0.289. The fourth-order valence-electron chi connectivity index (χ4n) is 2.60. The van der Waals surface area contributed by atoms with Crippen molar-refractivity contribution in [1.82, 2.24) is 24.2 Å².